The molecule has 2 amide bonds. The van der Waals surface area contributed by atoms with Crippen molar-refractivity contribution in [1.82, 2.24) is 10.6 Å². The standard InChI is InChI=1S/C15H19BrN2O2/c1-10-11(3-2-4-13(10)16)5-8-18-15(20)12-6-7-17-14(19)9-12/h2-4,12H,5-9H2,1H3,(H,17,19)(H,18,20). The summed E-state index contributed by atoms with van der Waals surface area (Å²) in [5, 5.41) is 5.67. The quantitative estimate of drug-likeness (QED) is 0.881. The number of halogens is 1. The monoisotopic (exact) mass is 338 g/mol. The van der Waals surface area contributed by atoms with Crippen molar-refractivity contribution in [2.45, 2.75) is 26.2 Å². The van der Waals surface area contributed by atoms with Crippen LogP contribution in [0.2, 0.25) is 0 Å². The van der Waals surface area contributed by atoms with Gasteiger partial charge in [0.1, 0.15) is 0 Å². The van der Waals surface area contributed by atoms with Gasteiger partial charge in [0.05, 0.1) is 0 Å². The van der Waals surface area contributed by atoms with Gasteiger partial charge in [-0.3, -0.25) is 9.59 Å². The maximum atomic E-state index is 12.0. The molecule has 1 aliphatic rings. The van der Waals surface area contributed by atoms with Crippen LogP contribution in [0.25, 0.3) is 0 Å². The largest absolute Gasteiger partial charge is 0.356 e. The van der Waals surface area contributed by atoms with Crippen LogP contribution >= 0.6 is 15.9 Å². The van der Waals surface area contributed by atoms with Gasteiger partial charge in [0.25, 0.3) is 0 Å². The third-order valence-electron chi connectivity index (χ3n) is 3.69. The van der Waals surface area contributed by atoms with Gasteiger partial charge >= 0.3 is 0 Å². The molecule has 1 fully saturated rings. The minimum absolute atomic E-state index is 0.00694. The van der Waals surface area contributed by atoms with Crippen molar-refractivity contribution in [3.63, 3.8) is 0 Å². The molecule has 0 bridgehead atoms. The Morgan fingerprint density at radius 3 is 3.05 bits per heavy atom. The molecule has 1 aromatic carbocycles. The van der Waals surface area contributed by atoms with Gasteiger partial charge in [-0.1, -0.05) is 28.1 Å². The number of nitrogens with one attached hydrogen (secondary N) is 2. The first-order valence-electron chi connectivity index (χ1n) is 6.86. The van der Waals surface area contributed by atoms with E-state index in [9.17, 15) is 9.59 Å². The third-order valence-corrected chi connectivity index (χ3v) is 4.55. The molecule has 1 saturated heterocycles. The number of hydrogen-bond acceptors (Lipinski definition) is 2. The summed E-state index contributed by atoms with van der Waals surface area (Å²) in [7, 11) is 0. The molecule has 1 atom stereocenters. The zero-order valence-electron chi connectivity index (χ0n) is 11.5. The van der Waals surface area contributed by atoms with Gasteiger partial charge in [-0.15, -0.1) is 0 Å². The van der Waals surface area contributed by atoms with Crippen molar-refractivity contribution >= 4 is 27.7 Å². The van der Waals surface area contributed by atoms with Crippen molar-refractivity contribution in [3.05, 3.63) is 33.8 Å². The molecule has 2 rings (SSSR count). The molecule has 0 saturated carbocycles. The summed E-state index contributed by atoms with van der Waals surface area (Å²) in [5.41, 5.74) is 2.43. The lowest BCUT2D eigenvalue weighted by Crippen LogP contribution is -2.41. The lowest BCUT2D eigenvalue weighted by molar-refractivity contribution is -0.132. The van der Waals surface area contributed by atoms with Crippen molar-refractivity contribution in [1.29, 1.82) is 0 Å². The van der Waals surface area contributed by atoms with Crippen LogP contribution in [0.4, 0.5) is 0 Å². The Hall–Kier alpha value is -1.36. The molecule has 5 heteroatoms. The van der Waals surface area contributed by atoms with E-state index >= 15 is 0 Å². The molecule has 1 heterocycles. The molecule has 2 N–H and O–H groups in total. The first-order valence-corrected chi connectivity index (χ1v) is 7.65. The van der Waals surface area contributed by atoms with Crippen LogP contribution in [0.1, 0.15) is 24.0 Å². The Balaban J connectivity index is 1.82. The number of hydrogen-bond donors (Lipinski definition) is 2. The lowest BCUT2D eigenvalue weighted by atomic mass is 9.96. The molecule has 1 unspecified atom stereocenters. The van der Waals surface area contributed by atoms with Gasteiger partial charge in [0.15, 0.2) is 0 Å². The summed E-state index contributed by atoms with van der Waals surface area (Å²) in [5.74, 6) is -0.209. The summed E-state index contributed by atoms with van der Waals surface area (Å²) in [6.45, 7) is 3.27. The summed E-state index contributed by atoms with van der Waals surface area (Å²) < 4.78 is 1.09. The molecular weight excluding hydrogens is 320 g/mol. The van der Waals surface area contributed by atoms with Crippen LogP contribution in [-0.4, -0.2) is 24.9 Å². The van der Waals surface area contributed by atoms with Gasteiger partial charge in [0, 0.05) is 29.9 Å². The van der Waals surface area contributed by atoms with E-state index in [1.807, 2.05) is 12.1 Å². The van der Waals surface area contributed by atoms with E-state index in [1.165, 1.54) is 11.1 Å². The first kappa shape index (κ1) is 15.0. The maximum Gasteiger partial charge on any atom is 0.223 e. The zero-order valence-corrected chi connectivity index (χ0v) is 13.1. The van der Waals surface area contributed by atoms with Crippen LogP contribution in [0.3, 0.4) is 0 Å². The van der Waals surface area contributed by atoms with Crippen LogP contribution in [0.15, 0.2) is 22.7 Å². The zero-order chi connectivity index (χ0) is 14.5. The maximum absolute atomic E-state index is 12.0. The number of rotatable bonds is 4. The van der Waals surface area contributed by atoms with Crippen molar-refractivity contribution in [2.24, 2.45) is 5.92 Å². The number of piperidine rings is 1. The molecule has 1 aliphatic heterocycles. The number of carbonyl (C=O) groups excluding carboxylic acids is 2. The average molecular weight is 339 g/mol. The molecule has 4 nitrogen and oxygen atoms in total. The Kier molecular flexibility index (Phi) is 5.17. The highest BCUT2D eigenvalue weighted by Crippen LogP contribution is 2.19. The fourth-order valence-corrected chi connectivity index (χ4v) is 2.80. The Labute approximate surface area is 127 Å². The Morgan fingerprint density at radius 2 is 2.30 bits per heavy atom. The van der Waals surface area contributed by atoms with Crippen molar-refractivity contribution < 1.29 is 9.59 Å². The minimum atomic E-state index is -0.174. The van der Waals surface area contributed by atoms with Crippen molar-refractivity contribution in [2.75, 3.05) is 13.1 Å². The topological polar surface area (TPSA) is 58.2 Å². The molecule has 0 spiro atoms. The summed E-state index contributed by atoms with van der Waals surface area (Å²) in [4.78, 5) is 23.2. The van der Waals surface area contributed by atoms with E-state index in [0.717, 1.165) is 17.3 Å². The van der Waals surface area contributed by atoms with Gasteiger partial charge < -0.3 is 10.6 Å². The number of benzene rings is 1. The molecular formula is C15H19BrN2O2. The average Bonchev–Trinajstić information content (AvgIpc) is 2.43. The molecule has 108 valence electrons. The fourth-order valence-electron chi connectivity index (χ4n) is 2.40. The Bertz CT molecular complexity index is 517. The van der Waals surface area contributed by atoms with E-state index in [-0.39, 0.29) is 17.7 Å². The van der Waals surface area contributed by atoms with E-state index in [1.54, 1.807) is 0 Å². The second-order valence-corrected chi connectivity index (χ2v) is 5.96. The van der Waals surface area contributed by atoms with Crippen LogP contribution < -0.4 is 10.6 Å². The lowest BCUT2D eigenvalue weighted by Gasteiger charge is -2.21. The molecule has 0 aromatic heterocycles. The van der Waals surface area contributed by atoms with Gasteiger partial charge in [-0.05, 0) is 37.0 Å². The van der Waals surface area contributed by atoms with Crippen LogP contribution in [-0.2, 0) is 16.0 Å². The van der Waals surface area contributed by atoms with Crippen LogP contribution in [0, 0.1) is 12.8 Å². The molecule has 1 aromatic rings. The van der Waals surface area contributed by atoms with Crippen LogP contribution in [0.5, 0.6) is 0 Å². The first-order chi connectivity index (χ1) is 9.58. The predicted molar refractivity (Wildman–Crippen MR) is 81.3 cm³/mol. The summed E-state index contributed by atoms with van der Waals surface area (Å²) >= 11 is 3.50. The van der Waals surface area contributed by atoms with Gasteiger partial charge in [-0.2, -0.15) is 0 Å². The van der Waals surface area contributed by atoms with Gasteiger partial charge in [-0.25, -0.2) is 0 Å². The second-order valence-electron chi connectivity index (χ2n) is 5.10. The minimum Gasteiger partial charge on any atom is -0.356 e. The third kappa shape index (κ3) is 3.82. The fraction of sp³-hybridized carbons (Fsp3) is 0.467. The Morgan fingerprint density at radius 1 is 1.50 bits per heavy atom. The molecule has 20 heavy (non-hydrogen) atoms. The van der Waals surface area contributed by atoms with Crippen molar-refractivity contribution in [3.8, 4) is 0 Å². The number of amides is 2. The highest BCUT2D eigenvalue weighted by molar-refractivity contribution is 9.10. The molecule has 0 radical (unpaired) electrons. The normalized spacial score (nSPS) is 18.5. The highest BCUT2D eigenvalue weighted by Gasteiger charge is 2.24. The predicted octanol–water partition coefficient (Wildman–Crippen LogP) is 1.94. The summed E-state index contributed by atoms with van der Waals surface area (Å²) in [6.07, 6.45) is 1.84. The van der Waals surface area contributed by atoms with E-state index < -0.39 is 0 Å². The second kappa shape index (κ2) is 6.88. The highest BCUT2D eigenvalue weighted by atomic mass is 79.9. The van der Waals surface area contributed by atoms with Gasteiger partial charge in [0.2, 0.25) is 11.8 Å². The summed E-state index contributed by atoms with van der Waals surface area (Å²) in [6, 6.07) is 6.08. The van der Waals surface area contributed by atoms with E-state index in [2.05, 4.69) is 39.6 Å². The number of carbonyl (C=O) groups is 2. The van der Waals surface area contributed by atoms with E-state index in [0.29, 0.717) is 19.5 Å². The molecule has 0 aliphatic carbocycles. The smallest absolute Gasteiger partial charge is 0.223 e. The SMILES string of the molecule is Cc1c(Br)cccc1CCNC(=O)C1CCNC(=O)C1. The van der Waals surface area contributed by atoms with E-state index in [4.69, 9.17) is 0 Å².